The molecule has 0 spiro atoms. The Morgan fingerprint density at radius 2 is 1.80 bits per heavy atom. The third-order valence-electron chi connectivity index (χ3n) is 5.32. The molecule has 2 atom stereocenters. The molecule has 5 nitrogen and oxygen atoms in total. The van der Waals surface area contributed by atoms with Crippen LogP contribution in [0.1, 0.15) is 36.9 Å². The van der Waals surface area contributed by atoms with Gasteiger partial charge in [-0.15, -0.1) is 0 Å². The summed E-state index contributed by atoms with van der Waals surface area (Å²) < 4.78 is 5.51. The maximum atomic E-state index is 12.6. The number of rotatable bonds is 3. The van der Waals surface area contributed by atoms with E-state index in [1.165, 1.54) is 0 Å². The smallest absolute Gasteiger partial charge is 0.410 e. The molecular formula is C20H22N2O3. The average Bonchev–Trinajstić information content (AvgIpc) is 2.93. The van der Waals surface area contributed by atoms with E-state index >= 15 is 0 Å². The monoisotopic (exact) mass is 338 g/mol. The quantitative estimate of drug-likeness (QED) is 0.933. The molecule has 0 radical (unpaired) electrons. The number of benzene rings is 1. The van der Waals surface area contributed by atoms with Gasteiger partial charge in [0.1, 0.15) is 12.2 Å². The minimum atomic E-state index is -0.955. The zero-order valence-electron chi connectivity index (χ0n) is 14.0. The van der Waals surface area contributed by atoms with Crippen LogP contribution in [0, 0.1) is 0 Å². The first-order valence-corrected chi connectivity index (χ1v) is 8.79. The van der Waals surface area contributed by atoms with Crippen molar-refractivity contribution in [2.75, 3.05) is 0 Å². The molecule has 130 valence electrons. The first-order valence-electron chi connectivity index (χ1n) is 8.79. The van der Waals surface area contributed by atoms with E-state index in [0.717, 1.165) is 18.4 Å². The number of piperidine rings is 1. The standard InChI is InChI=1S/C20H22N2O3/c23-19(25-14-15-6-2-1-3-7-15)22-16-9-10-17(22)13-20(24,12-16)18-8-4-5-11-21-18/h1-8,11,16-17,24H,9-10,12-14H2. The Bertz CT molecular complexity index is 721. The molecule has 2 aliphatic rings. The van der Waals surface area contributed by atoms with Crippen LogP contribution in [0.5, 0.6) is 0 Å². The minimum Gasteiger partial charge on any atom is -0.445 e. The van der Waals surface area contributed by atoms with E-state index in [4.69, 9.17) is 4.74 Å². The molecule has 4 rings (SSSR count). The predicted octanol–water partition coefficient (Wildman–Crippen LogP) is 3.23. The fraction of sp³-hybridized carbons (Fsp3) is 0.400. The SMILES string of the molecule is O=C(OCc1ccccc1)N1C2CCC1CC(O)(c1ccccn1)C2. The first-order chi connectivity index (χ1) is 12.2. The van der Waals surface area contributed by atoms with Gasteiger partial charge in [0.2, 0.25) is 0 Å². The van der Waals surface area contributed by atoms with Crippen LogP contribution in [0.25, 0.3) is 0 Å². The second-order valence-electron chi connectivity index (χ2n) is 6.99. The van der Waals surface area contributed by atoms with Crippen molar-refractivity contribution in [1.82, 2.24) is 9.88 Å². The number of nitrogens with zero attached hydrogens (tertiary/aromatic N) is 2. The van der Waals surface area contributed by atoms with E-state index in [1.807, 2.05) is 53.4 Å². The second kappa shape index (κ2) is 6.48. The van der Waals surface area contributed by atoms with Crippen LogP contribution in [0.3, 0.4) is 0 Å². The van der Waals surface area contributed by atoms with Crippen molar-refractivity contribution in [2.45, 2.75) is 50.0 Å². The molecule has 1 N–H and O–H groups in total. The molecule has 2 aliphatic heterocycles. The van der Waals surface area contributed by atoms with Gasteiger partial charge in [-0.25, -0.2) is 4.79 Å². The largest absolute Gasteiger partial charge is 0.445 e. The van der Waals surface area contributed by atoms with E-state index in [2.05, 4.69) is 4.98 Å². The van der Waals surface area contributed by atoms with Crippen LogP contribution in [0.15, 0.2) is 54.7 Å². The molecule has 25 heavy (non-hydrogen) atoms. The molecule has 3 heterocycles. The van der Waals surface area contributed by atoms with Crippen molar-refractivity contribution < 1.29 is 14.6 Å². The molecule has 2 aromatic rings. The van der Waals surface area contributed by atoms with Gasteiger partial charge in [-0.2, -0.15) is 0 Å². The number of ether oxygens (including phenoxy) is 1. The summed E-state index contributed by atoms with van der Waals surface area (Å²) in [5, 5.41) is 11.1. The minimum absolute atomic E-state index is 0.00836. The molecule has 2 fully saturated rings. The third-order valence-corrected chi connectivity index (χ3v) is 5.32. The lowest BCUT2D eigenvalue weighted by Crippen LogP contribution is -2.52. The Hall–Kier alpha value is -2.40. The summed E-state index contributed by atoms with van der Waals surface area (Å²) >= 11 is 0. The topological polar surface area (TPSA) is 62.7 Å². The molecule has 2 saturated heterocycles. The lowest BCUT2D eigenvalue weighted by Gasteiger charge is -2.42. The number of carbonyl (C=O) groups excluding carboxylic acids is 1. The van der Waals surface area contributed by atoms with Gasteiger partial charge in [0.05, 0.1) is 5.69 Å². The van der Waals surface area contributed by atoms with Crippen molar-refractivity contribution >= 4 is 6.09 Å². The molecule has 0 saturated carbocycles. The normalized spacial score (nSPS) is 28.0. The molecule has 0 aliphatic carbocycles. The Labute approximate surface area is 147 Å². The molecule has 1 amide bonds. The van der Waals surface area contributed by atoms with Crippen molar-refractivity contribution in [1.29, 1.82) is 0 Å². The van der Waals surface area contributed by atoms with Gasteiger partial charge in [-0.1, -0.05) is 36.4 Å². The van der Waals surface area contributed by atoms with Crippen LogP contribution in [-0.2, 0) is 16.9 Å². The molecule has 5 heteroatoms. The molecule has 1 aromatic heterocycles. The van der Waals surface area contributed by atoms with Crippen molar-refractivity contribution in [3.63, 3.8) is 0 Å². The van der Waals surface area contributed by atoms with Crippen LogP contribution < -0.4 is 0 Å². The lowest BCUT2D eigenvalue weighted by molar-refractivity contribution is -0.0564. The van der Waals surface area contributed by atoms with Gasteiger partial charge >= 0.3 is 6.09 Å². The summed E-state index contributed by atoms with van der Waals surface area (Å²) in [6.45, 7) is 0.278. The highest BCUT2D eigenvalue weighted by Gasteiger charge is 2.51. The molecular weight excluding hydrogens is 316 g/mol. The number of hydrogen-bond acceptors (Lipinski definition) is 4. The number of hydrogen-bond donors (Lipinski definition) is 1. The second-order valence-corrected chi connectivity index (χ2v) is 6.99. The fourth-order valence-electron chi connectivity index (χ4n) is 4.16. The van der Waals surface area contributed by atoms with Crippen LogP contribution in [-0.4, -0.2) is 33.2 Å². The molecule has 1 aromatic carbocycles. The van der Waals surface area contributed by atoms with Crippen molar-refractivity contribution in [3.8, 4) is 0 Å². The van der Waals surface area contributed by atoms with Gasteiger partial charge in [0.15, 0.2) is 0 Å². The highest BCUT2D eigenvalue weighted by Crippen LogP contribution is 2.45. The van der Waals surface area contributed by atoms with E-state index in [9.17, 15) is 9.90 Å². The van der Waals surface area contributed by atoms with E-state index in [1.54, 1.807) is 6.20 Å². The first kappa shape index (κ1) is 16.1. The number of fused-ring (bicyclic) bond motifs is 2. The highest BCUT2D eigenvalue weighted by atomic mass is 16.6. The zero-order valence-corrected chi connectivity index (χ0v) is 14.0. The van der Waals surface area contributed by atoms with E-state index in [-0.39, 0.29) is 24.8 Å². The number of amides is 1. The van der Waals surface area contributed by atoms with Gasteiger partial charge < -0.3 is 14.7 Å². The number of pyridine rings is 1. The lowest BCUT2D eigenvalue weighted by atomic mass is 9.83. The van der Waals surface area contributed by atoms with Gasteiger partial charge in [-0.05, 0) is 30.5 Å². The van der Waals surface area contributed by atoms with Gasteiger partial charge in [0.25, 0.3) is 0 Å². The molecule has 2 unspecified atom stereocenters. The predicted molar refractivity (Wildman–Crippen MR) is 92.6 cm³/mol. The Morgan fingerprint density at radius 1 is 1.12 bits per heavy atom. The average molecular weight is 338 g/mol. The third kappa shape index (κ3) is 3.12. The fourth-order valence-corrected chi connectivity index (χ4v) is 4.16. The Morgan fingerprint density at radius 3 is 2.44 bits per heavy atom. The number of carbonyl (C=O) groups is 1. The zero-order chi connectivity index (χ0) is 17.3. The van der Waals surface area contributed by atoms with Gasteiger partial charge in [0, 0.05) is 31.1 Å². The Kier molecular flexibility index (Phi) is 4.17. The maximum Gasteiger partial charge on any atom is 0.410 e. The summed E-state index contributed by atoms with van der Waals surface area (Å²) in [5.41, 5.74) is 0.720. The van der Waals surface area contributed by atoms with Crippen LogP contribution in [0.2, 0.25) is 0 Å². The summed E-state index contributed by atoms with van der Waals surface area (Å²) in [7, 11) is 0. The summed E-state index contributed by atoms with van der Waals surface area (Å²) in [5.74, 6) is 0. The summed E-state index contributed by atoms with van der Waals surface area (Å²) in [6.07, 6.45) is 4.26. The highest BCUT2D eigenvalue weighted by molar-refractivity contribution is 5.69. The maximum absolute atomic E-state index is 12.6. The van der Waals surface area contributed by atoms with E-state index in [0.29, 0.717) is 18.5 Å². The van der Waals surface area contributed by atoms with E-state index < -0.39 is 5.60 Å². The van der Waals surface area contributed by atoms with Crippen LogP contribution in [0.4, 0.5) is 4.79 Å². The van der Waals surface area contributed by atoms with Crippen LogP contribution >= 0.6 is 0 Å². The van der Waals surface area contributed by atoms with Crippen molar-refractivity contribution in [2.24, 2.45) is 0 Å². The number of aromatic nitrogens is 1. The summed E-state index contributed by atoms with van der Waals surface area (Å²) in [4.78, 5) is 18.8. The molecule has 2 bridgehead atoms. The van der Waals surface area contributed by atoms with Crippen molar-refractivity contribution in [3.05, 3.63) is 66.0 Å². The van der Waals surface area contributed by atoms with Gasteiger partial charge in [-0.3, -0.25) is 4.98 Å². The Balaban J connectivity index is 1.44. The number of aliphatic hydroxyl groups is 1. The summed E-state index contributed by atoms with van der Waals surface area (Å²) in [6, 6.07) is 15.3.